The van der Waals surface area contributed by atoms with Gasteiger partial charge >= 0.3 is 0 Å². The van der Waals surface area contributed by atoms with Gasteiger partial charge in [0.2, 0.25) is 5.91 Å². The van der Waals surface area contributed by atoms with E-state index in [0.29, 0.717) is 19.0 Å². The Labute approximate surface area is 202 Å². The molecule has 0 N–H and O–H groups in total. The fourth-order valence-electron chi connectivity index (χ4n) is 4.72. The molecule has 5 rings (SSSR count). The van der Waals surface area contributed by atoms with E-state index in [1.165, 1.54) is 16.7 Å². The summed E-state index contributed by atoms with van der Waals surface area (Å²) >= 11 is 0. The quantitative estimate of drug-likeness (QED) is 0.403. The second-order valence-corrected chi connectivity index (χ2v) is 9.60. The molecule has 3 aromatic rings. The molecule has 2 aliphatic rings. The Morgan fingerprint density at radius 1 is 0.941 bits per heavy atom. The van der Waals surface area contributed by atoms with Gasteiger partial charge in [-0.05, 0) is 52.5 Å². The molecule has 3 aromatic carbocycles. The molecule has 1 amide bonds. The molecular weight excluding hydrogens is 418 g/mol. The van der Waals surface area contributed by atoms with Crippen LogP contribution in [0.4, 0.5) is 0 Å². The molecule has 3 nitrogen and oxygen atoms in total. The molecule has 1 spiro atoms. The zero-order valence-electron chi connectivity index (χ0n) is 19.9. The summed E-state index contributed by atoms with van der Waals surface area (Å²) in [7, 11) is 0. The first-order valence-electron chi connectivity index (χ1n) is 12.2. The topological polar surface area (TPSA) is 29.5 Å². The fraction of sp³-hybridized carbons (Fsp3) is 0.258. The molecule has 0 unspecified atom stereocenters. The molecule has 2 heterocycles. The van der Waals surface area contributed by atoms with Gasteiger partial charge in [0, 0.05) is 37.6 Å². The van der Waals surface area contributed by atoms with Crippen LogP contribution >= 0.6 is 0 Å². The summed E-state index contributed by atoms with van der Waals surface area (Å²) in [6.45, 7) is 5.75. The third-order valence-electron chi connectivity index (χ3n) is 6.94. The number of piperidine rings is 1. The Kier molecular flexibility index (Phi) is 6.10. The second kappa shape index (κ2) is 9.34. The maximum atomic E-state index is 12.8. The van der Waals surface area contributed by atoms with Gasteiger partial charge in [0.15, 0.2) is 0 Å². The number of carbonyl (C=O) groups is 1. The van der Waals surface area contributed by atoms with E-state index in [2.05, 4.69) is 92.7 Å². The van der Waals surface area contributed by atoms with Crippen LogP contribution < -0.4 is 4.74 Å². The molecule has 2 aliphatic heterocycles. The van der Waals surface area contributed by atoms with Crippen LogP contribution in [0.2, 0.25) is 0 Å². The molecule has 1 saturated heterocycles. The average Bonchev–Trinajstić information content (AvgIpc) is 2.88. The smallest absolute Gasteiger partial charge is 0.246 e. The van der Waals surface area contributed by atoms with Crippen LogP contribution in [0.25, 0.3) is 23.3 Å². The van der Waals surface area contributed by atoms with Crippen molar-refractivity contribution in [1.82, 2.24) is 4.90 Å². The van der Waals surface area contributed by atoms with E-state index >= 15 is 0 Å². The highest BCUT2D eigenvalue weighted by Crippen LogP contribution is 2.38. The number of likely N-dealkylation sites (tertiary alicyclic amines) is 1. The van der Waals surface area contributed by atoms with Gasteiger partial charge in [-0.25, -0.2) is 0 Å². The van der Waals surface area contributed by atoms with Gasteiger partial charge < -0.3 is 9.64 Å². The molecule has 172 valence electrons. The van der Waals surface area contributed by atoms with Gasteiger partial charge in [0.25, 0.3) is 0 Å². The summed E-state index contributed by atoms with van der Waals surface area (Å²) in [4.78, 5) is 14.7. The minimum absolute atomic E-state index is 0.0653. The lowest BCUT2D eigenvalue weighted by Crippen LogP contribution is -2.49. The van der Waals surface area contributed by atoms with Crippen LogP contribution in [0.5, 0.6) is 5.75 Å². The highest BCUT2D eigenvalue weighted by molar-refractivity contribution is 5.91. The van der Waals surface area contributed by atoms with E-state index in [0.717, 1.165) is 29.7 Å². The molecule has 0 bridgehead atoms. The van der Waals surface area contributed by atoms with Crippen LogP contribution in [-0.2, 0) is 4.79 Å². The van der Waals surface area contributed by atoms with Crippen molar-refractivity contribution in [2.75, 3.05) is 13.1 Å². The van der Waals surface area contributed by atoms with Gasteiger partial charge in [-0.2, -0.15) is 0 Å². The molecular formula is C31H31NO2. The third kappa shape index (κ3) is 4.70. The predicted octanol–water partition coefficient (Wildman–Crippen LogP) is 6.96. The molecule has 0 saturated carbocycles. The number of nitrogens with zero attached hydrogens (tertiary/aromatic N) is 1. The first-order chi connectivity index (χ1) is 16.5. The molecule has 3 heteroatoms. The van der Waals surface area contributed by atoms with Crippen LogP contribution in [0.1, 0.15) is 49.3 Å². The molecule has 0 radical (unpaired) electrons. The lowest BCUT2D eigenvalue weighted by Gasteiger charge is -2.41. The fourth-order valence-corrected chi connectivity index (χ4v) is 4.72. The Balaban J connectivity index is 1.21. The van der Waals surface area contributed by atoms with Crippen molar-refractivity contribution in [3.63, 3.8) is 0 Å². The first-order valence-corrected chi connectivity index (χ1v) is 12.2. The SMILES string of the molecule is CC(C)c1ccc(/C=C/C(=O)N2CCC3(C=Cc4cc(-c5ccccc5)ccc4O3)CC2)cc1. The Bertz CT molecular complexity index is 1210. The van der Waals surface area contributed by atoms with Crippen molar-refractivity contribution in [3.8, 4) is 16.9 Å². The maximum Gasteiger partial charge on any atom is 0.246 e. The van der Waals surface area contributed by atoms with Crippen LogP contribution in [0.3, 0.4) is 0 Å². The van der Waals surface area contributed by atoms with E-state index in [1.54, 1.807) is 6.08 Å². The Morgan fingerprint density at radius 3 is 2.38 bits per heavy atom. The van der Waals surface area contributed by atoms with E-state index in [4.69, 9.17) is 4.74 Å². The molecule has 34 heavy (non-hydrogen) atoms. The van der Waals surface area contributed by atoms with Gasteiger partial charge in [-0.15, -0.1) is 0 Å². The number of fused-ring (bicyclic) bond motifs is 1. The molecule has 0 aromatic heterocycles. The first kappa shape index (κ1) is 22.2. The maximum absolute atomic E-state index is 12.8. The molecule has 0 aliphatic carbocycles. The van der Waals surface area contributed by atoms with Crippen molar-refractivity contribution in [2.24, 2.45) is 0 Å². The van der Waals surface area contributed by atoms with E-state index in [9.17, 15) is 4.79 Å². The highest BCUT2D eigenvalue weighted by Gasteiger charge is 2.37. The lowest BCUT2D eigenvalue weighted by molar-refractivity contribution is -0.128. The van der Waals surface area contributed by atoms with Crippen LogP contribution in [0.15, 0.2) is 84.9 Å². The normalized spacial score (nSPS) is 16.6. The van der Waals surface area contributed by atoms with Crippen LogP contribution in [-0.4, -0.2) is 29.5 Å². The lowest BCUT2D eigenvalue weighted by atomic mass is 9.87. The summed E-state index contributed by atoms with van der Waals surface area (Å²) in [5.74, 6) is 1.50. The zero-order valence-corrected chi connectivity index (χ0v) is 19.9. The van der Waals surface area contributed by atoms with E-state index in [1.807, 2.05) is 17.0 Å². The van der Waals surface area contributed by atoms with Crippen molar-refractivity contribution in [1.29, 1.82) is 0 Å². The number of benzene rings is 3. The standard InChI is InChI=1S/C31H31NO2/c1-23(2)25-11-8-24(9-12-25)10-15-30(33)32-20-18-31(19-21-32)17-16-28-22-27(13-14-29(28)34-31)26-6-4-3-5-7-26/h3-17,22-23H,18-21H2,1-2H3/b15-10+. The van der Waals surface area contributed by atoms with Crippen molar-refractivity contribution >= 4 is 18.1 Å². The minimum atomic E-state index is -0.325. The number of carbonyl (C=O) groups excluding carboxylic acids is 1. The molecule has 1 fully saturated rings. The van der Waals surface area contributed by atoms with E-state index in [-0.39, 0.29) is 11.5 Å². The van der Waals surface area contributed by atoms with Gasteiger partial charge in [-0.1, -0.05) is 80.6 Å². The van der Waals surface area contributed by atoms with Gasteiger partial charge in [0.05, 0.1) is 0 Å². The largest absolute Gasteiger partial charge is 0.482 e. The average molecular weight is 450 g/mol. The minimum Gasteiger partial charge on any atom is -0.482 e. The summed E-state index contributed by atoms with van der Waals surface area (Å²) in [5, 5.41) is 0. The number of hydrogen-bond acceptors (Lipinski definition) is 2. The number of amides is 1. The predicted molar refractivity (Wildman–Crippen MR) is 140 cm³/mol. The van der Waals surface area contributed by atoms with E-state index < -0.39 is 0 Å². The Morgan fingerprint density at radius 2 is 1.68 bits per heavy atom. The summed E-state index contributed by atoms with van der Waals surface area (Å²) in [6, 6.07) is 25.2. The van der Waals surface area contributed by atoms with Gasteiger partial charge in [-0.3, -0.25) is 4.79 Å². The Hall–Kier alpha value is -3.59. The number of rotatable bonds is 4. The van der Waals surface area contributed by atoms with Crippen molar-refractivity contribution < 1.29 is 9.53 Å². The number of hydrogen-bond donors (Lipinski definition) is 0. The summed E-state index contributed by atoms with van der Waals surface area (Å²) in [6.07, 6.45) is 9.58. The van der Waals surface area contributed by atoms with Crippen LogP contribution in [0, 0.1) is 0 Å². The molecule has 0 atom stereocenters. The highest BCUT2D eigenvalue weighted by atomic mass is 16.5. The van der Waals surface area contributed by atoms with Gasteiger partial charge in [0.1, 0.15) is 11.4 Å². The second-order valence-electron chi connectivity index (χ2n) is 9.60. The van der Waals surface area contributed by atoms with Crippen molar-refractivity contribution in [3.05, 3.63) is 102 Å². The summed E-state index contributed by atoms with van der Waals surface area (Å²) < 4.78 is 6.50. The zero-order chi connectivity index (χ0) is 23.5. The van der Waals surface area contributed by atoms with Crippen molar-refractivity contribution in [2.45, 2.75) is 38.2 Å². The third-order valence-corrected chi connectivity index (χ3v) is 6.94. The monoisotopic (exact) mass is 449 g/mol. The summed E-state index contributed by atoms with van der Waals surface area (Å²) in [5.41, 5.74) is 5.54. The number of ether oxygens (including phenoxy) is 1.